The van der Waals surface area contributed by atoms with Gasteiger partial charge in [0.15, 0.2) is 5.82 Å². The highest BCUT2D eigenvalue weighted by molar-refractivity contribution is 5.68. The number of alkyl carbamates (subject to hydrolysis) is 1. The van der Waals surface area contributed by atoms with Gasteiger partial charge in [-0.25, -0.2) is 18.9 Å². The lowest BCUT2D eigenvalue weighted by Gasteiger charge is -2.25. The molecule has 1 aromatic heterocycles. The van der Waals surface area contributed by atoms with Gasteiger partial charge in [0, 0.05) is 24.6 Å². The summed E-state index contributed by atoms with van der Waals surface area (Å²) in [6.45, 7) is 6.17. The summed E-state index contributed by atoms with van der Waals surface area (Å²) in [6.07, 6.45) is 0.936. The maximum atomic E-state index is 13.0. The smallest absolute Gasteiger partial charge is 0.407 e. The Bertz CT molecular complexity index is 734. The molecule has 1 amide bonds. The largest absolute Gasteiger partial charge is 0.444 e. The topological polar surface area (TPSA) is 69.0 Å². The summed E-state index contributed by atoms with van der Waals surface area (Å²) in [4.78, 5) is 16.4. The highest BCUT2D eigenvalue weighted by atomic mass is 19.1. The Kier molecular flexibility index (Phi) is 4.26. The number of ether oxygens (including phenoxy) is 1. The van der Waals surface area contributed by atoms with Crippen molar-refractivity contribution in [2.75, 3.05) is 0 Å². The minimum absolute atomic E-state index is 0.0300. The highest BCUT2D eigenvalue weighted by Crippen LogP contribution is 2.20. The number of carbonyl (C=O) groups is 1. The fraction of sp³-hybridized carbons (Fsp3) is 0.471. The van der Waals surface area contributed by atoms with E-state index in [1.165, 1.54) is 12.1 Å². The lowest BCUT2D eigenvalue weighted by atomic mass is 10.1. The molecule has 0 radical (unpaired) electrons. The van der Waals surface area contributed by atoms with Crippen molar-refractivity contribution in [2.45, 2.75) is 51.8 Å². The molecule has 1 aliphatic heterocycles. The van der Waals surface area contributed by atoms with Crippen LogP contribution in [0.15, 0.2) is 24.3 Å². The van der Waals surface area contributed by atoms with E-state index in [-0.39, 0.29) is 11.9 Å². The number of aryl methyl sites for hydroxylation is 1. The van der Waals surface area contributed by atoms with Crippen molar-refractivity contribution in [3.63, 3.8) is 0 Å². The molecular weight excluding hydrogens is 311 g/mol. The van der Waals surface area contributed by atoms with Crippen molar-refractivity contribution in [2.24, 2.45) is 0 Å². The summed E-state index contributed by atoms with van der Waals surface area (Å²) >= 11 is 0. The Morgan fingerprint density at radius 1 is 1.33 bits per heavy atom. The van der Waals surface area contributed by atoms with Crippen LogP contribution in [0, 0.1) is 5.82 Å². The molecule has 0 fully saturated rings. The standard InChI is InChI=1S/C17H21FN4O2/c1-17(2,3)24-16(23)19-13-8-9-22-14(10-13)20-15(21-22)11-4-6-12(18)7-5-11/h4-7,13H,8-10H2,1-3H3,(H,19,23). The van der Waals surface area contributed by atoms with Gasteiger partial charge in [-0.1, -0.05) is 0 Å². The van der Waals surface area contributed by atoms with Crippen molar-refractivity contribution in [1.82, 2.24) is 20.1 Å². The van der Waals surface area contributed by atoms with E-state index in [4.69, 9.17) is 4.74 Å². The van der Waals surface area contributed by atoms with E-state index < -0.39 is 11.7 Å². The van der Waals surface area contributed by atoms with Crippen LogP contribution in [0.3, 0.4) is 0 Å². The van der Waals surface area contributed by atoms with Gasteiger partial charge in [-0.15, -0.1) is 0 Å². The van der Waals surface area contributed by atoms with Gasteiger partial charge in [0.05, 0.1) is 0 Å². The summed E-state index contributed by atoms with van der Waals surface area (Å²) in [5.74, 6) is 1.09. The van der Waals surface area contributed by atoms with Gasteiger partial charge < -0.3 is 10.1 Å². The molecule has 128 valence electrons. The molecule has 24 heavy (non-hydrogen) atoms. The van der Waals surface area contributed by atoms with Crippen LogP contribution in [-0.4, -0.2) is 32.5 Å². The molecule has 1 unspecified atom stereocenters. The third-order valence-corrected chi connectivity index (χ3v) is 3.69. The van der Waals surface area contributed by atoms with Crippen LogP contribution >= 0.6 is 0 Å². The molecule has 0 saturated heterocycles. The van der Waals surface area contributed by atoms with Crippen molar-refractivity contribution >= 4 is 6.09 Å². The number of nitrogens with zero attached hydrogens (tertiary/aromatic N) is 3. The molecule has 3 rings (SSSR count). The predicted molar refractivity (Wildman–Crippen MR) is 86.9 cm³/mol. The minimum atomic E-state index is -0.519. The molecule has 1 aliphatic rings. The molecule has 1 N–H and O–H groups in total. The Balaban J connectivity index is 1.68. The van der Waals surface area contributed by atoms with Crippen LogP contribution in [0.25, 0.3) is 11.4 Å². The van der Waals surface area contributed by atoms with E-state index in [9.17, 15) is 9.18 Å². The van der Waals surface area contributed by atoms with Gasteiger partial charge in [-0.05, 0) is 51.5 Å². The van der Waals surface area contributed by atoms with E-state index in [0.717, 1.165) is 17.8 Å². The number of hydrogen-bond acceptors (Lipinski definition) is 4. The molecule has 0 aliphatic carbocycles. The zero-order valence-corrected chi connectivity index (χ0v) is 14.0. The molecule has 2 heterocycles. The summed E-state index contributed by atoms with van der Waals surface area (Å²) in [5, 5.41) is 7.34. The van der Waals surface area contributed by atoms with E-state index >= 15 is 0 Å². The monoisotopic (exact) mass is 332 g/mol. The first kappa shape index (κ1) is 16.4. The fourth-order valence-corrected chi connectivity index (χ4v) is 2.62. The molecule has 2 aromatic rings. The number of carbonyl (C=O) groups excluding carboxylic acids is 1. The van der Waals surface area contributed by atoms with Crippen LogP contribution in [0.1, 0.15) is 33.0 Å². The number of aromatic nitrogens is 3. The molecule has 6 nitrogen and oxygen atoms in total. The number of rotatable bonds is 2. The number of amides is 1. The SMILES string of the molecule is CC(C)(C)OC(=O)NC1CCn2nc(-c3ccc(F)cc3)nc2C1. The van der Waals surface area contributed by atoms with E-state index in [0.29, 0.717) is 18.8 Å². The lowest BCUT2D eigenvalue weighted by Crippen LogP contribution is -2.43. The number of hydrogen-bond donors (Lipinski definition) is 1. The van der Waals surface area contributed by atoms with Crippen molar-refractivity contribution in [1.29, 1.82) is 0 Å². The molecule has 0 bridgehead atoms. The number of nitrogens with one attached hydrogen (secondary N) is 1. The van der Waals surface area contributed by atoms with Crippen LogP contribution in [-0.2, 0) is 17.7 Å². The maximum absolute atomic E-state index is 13.0. The highest BCUT2D eigenvalue weighted by Gasteiger charge is 2.25. The minimum Gasteiger partial charge on any atom is -0.444 e. The average molecular weight is 332 g/mol. The number of fused-ring (bicyclic) bond motifs is 1. The summed E-state index contributed by atoms with van der Waals surface area (Å²) in [6, 6.07) is 6.07. The predicted octanol–water partition coefficient (Wildman–Crippen LogP) is 2.92. The molecule has 7 heteroatoms. The van der Waals surface area contributed by atoms with Gasteiger partial charge in [0.25, 0.3) is 0 Å². The lowest BCUT2D eigenvalue weighted by molar-refractivity contribution is 0.0496. The first-order chi connectivity index (χ1) is 11.3. The third kappa shape index (κ3) is 3.90. The quantitative estimate of drug-likeness (QED) is 0.918. The van der Waals surface area contributed by atoms with Crippen LogP contribution in [0.5, 0.6) is 0 Å². The van der Waals surface area contributed by atoms with Crippen LogP contribution < -0.4 is 5.32 Å². The Morgan fingerprint density at radius 2 is 2.04 bits per heavy atom. The first-order valence-corrected chi connectivity index (χ1v) is 7.99. The van der Waals surface area contributed by atoms with E-state index in [1.54, 1.807) is 12.1 Å². The molecule has 0 saturated carbocycles. The number of benzene rings is 1. The van der Waals surface area contributed by atoms with Crippen LogP contribution in [0.4, 0.5) is 9.18 Å². The van der Waals surface area contributed by atoms with Gasteiger partial charge >= 0.3 is 6.09 Å². The molecule has 0 spiro atoms. The van der Waals surface area contributed by atoms with Gasteiger partial charge in [0.1, 0.15) is 17.2 Å². The second kappa shape index (κ2) is 6.22. The summed E-state index contributed by atoms with van der Waals surface area (Å²) in [7, 11) is 0. The first-order valence-electron chi connectivity index (χ1n) is 7.99. The normalized spacial score (nSPS) is 17.2. The zero-order valence-electron chi connectivity index (χ0n) is 14.0. The average Bonchev–Trinajstić information content (AvgIpc) is 2.89. The van der Waals surface area contributed by atoms with Crippen molar-refractivity contribution in [3.05, 3.63) is 35.9 Å². The second-order valence-electron chi connectivity index (χ2n) is 6.92. The van der Waals surface area contributed by atoms with Crippen LogP contribution in [0.2, 0.25) is 0 Å². The summed E-state index contributed by atoms with van der Waals surface area (Å²) < 4.78 is 20.1. The van der Waals surface area contributed by atoms with E-state index in [2.05, 4.69) is 15.4 Å². The van der Waals surface area contributed by atoms with Gasteiger partial charge in [-0.2, -0.15) is 5.10 Å². The van der Waals surface area contributed by atoms with Crippen molar-refractivity contribution < 1.29 is 13.9 Å². The Labute approximate surface area is 140 Å². The van der Waals surface area contributed by atoms with Crippen molar-refractivity contribution in [3.8, 4) is 11.4 Å². The molecular formula is C17H21FN4O2. The Hall–Kier alpha value is -2.44. The fourth-order valence-electron chi connectivity index (χ4n) is 2.62. The summed E-state index contributed by atoms with van der Waals surface area (Å²) in [5.41, 5.74) is 0.254. The van der Waals surface area contributed by atoms with Gasteiger partial charge in [-0.3, -0.25) is 0 Å². The molecule has 1 aromatic carbocycles. The maximum Gasteiger partial charge on any atom is 0.407 e. The second-order valence-corrected chi connectivity index (χ2v) is 6.92. The molecule has 1 atom stereocenters. The number of halogens is 1. The van der Waals surface area contributed by atoms with E-state index in [1.807, 2.05) is 25.5 Å². The zero-order chi connectivity index (χ0) is 17.3. The third-order valence-electron chi connectivity index (χ3n) is 3.69. The van der Waals surface area contributed by atoms with Gasteiger partial charge in [0.2, 0.25) is 0 Å². The Morgan fingerprint density at radius 3 is 2.71 bits per heavy atom.